The highest BCUT2D eigenvalue weighted by Gasteiger charge is 2.15. The zero-order valence-corrected chi connectivity index (χ0v) is 10.7. The predicted octanol–water partition coefficient (Wildman–Crippen LogP) is 2.65. The molecule has 0 aliphatic rings. The lowest BCUT2D eigenvalue weighted by Crippen LogP contribution is -2.09. The van der Waals surface area contributed by atoms with Gasteiger partial charge in [0.2, 0.25) is 0 Å². The predicted molar refractivity (Wildman–Crippen MR) is 64.6 cm³/mol. The number of nitriles is 1. The van der Waals surface area contributed by atoms with E-state index >= 15 is 0 Å². The average Bonchev–Trinajstić information content (AvgIpc) is 2.16. The second kappa shape index (κ2) is 5.12. The molecule has 1 aromatic carbocycles. The number of aryl methyl sites for hydroxylation is 1. The molecule has 4 heteroatoms. The smallest absolute Gasteiger partial charge is 0.339 e. The Hall–Kier alpha value is -1.09. The summed E-state index contributed by atoms with van der Waals surface area (Å²) in [6.07, 6.45) is 0. The number of rotatable bonds is 2. The number of carbonyl (C=O) groups excluding carboxylic acids is 1. The second-order valence-corrected chi connectivity index (χ2v) is 4.14. The fraction of sp³-hybridized carbons (Fsp3) is 0.273. The highest BCUT2D eigenvalue weighted by molar-refractivity contribution is 14.1. The minimum absolute atomic E-state index is 0.330. The van der Waals surface area contributed by atoms with Gasteiger partial charge < -0.3 is 4.74 Å². The minimum atomic E-state index is -0.330. The van der Waals surface area contributed by atoms with Crippen molar-refractivity contribution in [2.45, 2.75) is 13.8 Å². The molecular formula is C11H10INO2. The number of hydrogen-bond acceptors (Lipinski definition) is 3. The maximum Gasteiger partial charge on any atom is 0.339 e. The molecule has 0 aliphatic heterocycles. The molecule has 1 rings (SSSR count). The fourth-order valence-corrected chi connectivity index (χ4v) is 2.25. The molecule has 0 N–H and O–H groups in total. The van der Waals surface area contributed by atoms with E-state index in [2.05, 4.69) is 0 Å². The van der Waals surface area contributed by atoms with Gasteiger partial charge >= 0.3 is 5.97 Å². The molecule has 0 fully saturated rings. The van der Waals surface area contributed by atoms with Crippen molar-refractivity contribution in [2.75, 3.05) is 6.61 Å². The Morgan fingerprint density at radius 2 is 2.27 bits per heavy atom. The molecule has 0 saturated carbocycles. The minimum Gasteiger partial charge on any atom is -0.462 e. The Bertz CT molecular complexity index is 412. The van der Waals surface area contributed by atoms with Gasteiger partial charge in [-0.25, -0.2) is 4.79 Å². The normalized spacial score (nSPS) is 9.47. The third kappa shape index (κ3) is 2.69. The van der Waals surface area contributed by atoms with Gasteiger partial charge in [-0.2, -0.15) is 5.26 Å². The van der Waals surface area contributed by atoms with E-state index in [9.17, 15) is 4.79 Å². The highest BCUT2D eigenvalue weighted by Crippen LogP contribution is 2.20. The summed E-state index contributed by atoms with van der Waals surface area (Å²) in [5, 5.41) is 8.75. The van der Waals surface area contributed by atoms with E-state index in [1.165, 1.54) is 0 Å². The van der Waals surface area contributed by atoms with Gasteiger partial charge in [0.25, 0.3) is 0 Å². The Morgan fingerprint density at radius 1 is 1.60 bits per heavy atom. The van der Waals surface area contributed by atoms with Crippen LogP contribution >= 0.6 is 22.6 Å². The van der Waals surface area contributed by atoms with Crippen LogP contribution in [0.25, 0.3) is 0 Å². The van der Waals surface area contributed by atoms with Gasteiger partial charge in [0.1, 0.15) is 0 Å². The van der Waals surface area contributed by atoms with Crippen molar-refractivity contribution in [1.82, 2.24) is 0 Å². The van der Waals surface area contributed by atoms with Crippen molar-refractivity contribution in [3.63, 3.8) is 0 Å². The molecule has 0 atom stereocenters. The number of esters is 1. The van der Waals surface area contributed by atoms with Crippen LogP contribution in [0, 0.1) is 21.8 Å². The Balaban J connectivity index is 3.21. The number of hydrogen-bond donors (Lipinski definition) is 0. The van der Waals surface area contributed by atoms with E-state index < -0.39 is 0 Å². The number of benzene rings is 1. The SMILES string of the molecule is CCOC(=O)c1c(C)cc(C#N)cc1I. The summed E-state index contributed by atoms with van der Waals surface area (Å²) in [5.41, 5.74) is 1.89. The number of halogens is 1. The fourth-order valence-electron chi connectivity index (χ4n) is 1.27. The molecule has 78 valence electrons. The molecule has 15 heavy (non-hydrogen) atoms. The van der Waals surface area contributed by atoms with Crippen molar-refractivity contribution < 1.29 is 9.53 Å². The summed E-state index contributed by atoms with van der Waals surface area (Å²) < 4.78 is 5.69. The van der Waals surface area contributed by atoms with Crippen LogP contribution in [-0.2, 0) is 4.74 Å². The topological polar surface area (TPSA) is 50.1 Å². The monoisotopic (exact) mass is 315 g/mol. The summed E-state index contributed by atoms with van der Waals surface area (Å²) in [6, 6.07) is 5.42. The number of carbonyl (C=O) groups is 1. The second-order valence-electron chi connectivity index (χ2n) is 2.98. The molecule has 0 heterocycles. The van der Waals surface area contributed by atoms with Gasteiger partial charge in [0, 0.05) is 3.57 Å². The van der Waals surface area contributed by atoms with Crippen molar-refractivity contribution in [3.8, 4) is 6.07 Å². The Morgan fingerprint density at radius 3 is 2.73 bits per heavy atom. The lowest BCUT2D eigenvalue weighted by Gasteiger charge is -2.07. The largest absolute Gasteiger partial charge is 0.462 e. The molecule has 0 bridgehead atoms. The molecule has 1 aromatic rings. The quantitative estimate of drug-likeness (QED) is 0.623. The molecule has 0 aliphatic carbocycles. The lowest BCUT2D eigenvalue weighted by atomic mass is 10.1. The van der Waals surface area contributed by atoms with Crippen LogP contribution in [0.2, 0.25) is 0 Å². The number of nitrogens with zero attached hydrogens (tertiary/aromatic N) is 1. The van der Waals surface area contributed by atoms with Crippen LogP contribution in [0.1, 0.15) is 28.4 Å². The maximum atomic E-state index is 11.6. The van der Waals surface area contributed by atoms with Gasteiger partial charge in [0.05, 0.1) is 23.8 Å². The molecule has 0 spiro atoms. The molecule has 0 radical (unpaired) electrons. The summed E-state index contributed by atoms with van der Waals surface area (Å²) >= 11 is 2.04. The van der Waals surface area contributed by atoms with Crippen LogP contribution in [0.3, 0.4) is 0 Å². The van der Waals surface area contributed by atoms with Crippen LogP contribution in [0.4, 0.5) is 0 Å². The lowest BCUT2D eigenvalue weighted by molar-refractivity contribution is 0.0524. The van der Waals surface area contributed by atoms with E-state index in [1.807, 2.05) is 28.7 Å². The van der Waals surface area contributed by atoms with Crippen molar-refractivity contribution in [3.05, 3.63) is 32.4 Å². The zero-order chi connectivity index (χ0) is 11.4. The highest BCUT2D eigenvalue weighted by atomic mass is 127. The molecule has 0 unspecified atom stereocenters. The third-order valence-corrected chi connectivity index (χ3v) is 2.75. The molecule has 0 saturated heterocycles. The molecular weight excluding hydrogens is 305 g/mol. The van der Waals surface area contributed by atoms with Crippen LogP contribution in [-0.4, -0.2) is 12.6 Å². The standard InChI is InChI=1S/C11H10INO2/c1-3-15-11(14)10-7(2)4-8(6-13)5-9(10)12/h4-5H,3H2,1-2H3. The summed E-state index contributed by atoms with van der Waals surface area (Å²) in [4.78, 5) is 11.6. The van der Waals surface area contributed by atoms with Gasteiger partial charge in [-0.1, -0.05) is 0 Å². The zero-order valence-electron chi connectivity index (χ0n) is 8.50. The van der Waals surface area contributed by atoms with Crippen molar-refractivity contribution in [1.29, 1.82) is 5.26 Å². The first-order chi connectivity index (χ1) is 7.10. The van der Waals surface area contributed by atoms with E-state index in [0.717, 1.165) is 9.13 Å². The van der Waals surface area contributed by atoms with Crippen molar-refractivity contribution >= 4 is 28.6 Å². The average molecular weight is 315 g/mol. The van der Waals surface area contributed by atoms with Crippen LogP contribution in [0.5, 0.6) is 0 Å². The number of ether oxygens (including phenoxy) is 1. The van der Waals surface area contributed by atoms with Crippen LogP contribution < -0.4 is 0 Å². The van der Waals surface area contributed by atoms with Gasteiger partial charge in [-0.3, -0.25) is 0 Å². The van der Waals surface area contributed by atoms with E-state index in [1.54, 1.807) is 26.0 Å². The Labute approximate surface area is 102 Å². The summed E-state index contributed by atoms with van der Waals surface area (Å²) in [6.45, 7) is 3.92. The summed E-state index contributed by atoms with van der Waals surface area (Å²) in [5.74, 6) is -0.330. The summed E-state index contributed by atoms with van der Waals surface area (Å²) in [7, 11) is 0. The van der Waals surface area contributed by atoms with Gasteiger partial charge in [-0.05, 0) is 54.1 Å². The third-order valence-electron chi connectivity index (χ3n) is 1.90. The van der Waals surface area contributed by atoms with E-state index in [0.29, 0.717) is 17.7 Å². The van der Waals surface area contributed by atoms with E-state index in [-0.39, 0.29) is 5.97 Å². The van der Waals surface area contributed by atoms with Crippen molar-refractivity contribution in [2.24, 2.45) is 0 Å². The van der Waals surface area contributed by atoms with Crippen LogP contribution in [0.15, 0.2) is 12.1 Å². The van der Waals surface area contributed by atoms with E-state index in [4.69, 9.17) is 10.00 Å². The van der Waals surface area contributed by atoms with Gasteiger partial charge in [-0.15, -0.1) is 0 Å². The first-order valence-corrected chi connectivity index (χ1v) is 5.55. The first kappa shape index (κ1) is 12.0. The first-order valence-electron chi connectivity index (χ1n) is 4.47. The molecule has 0 aromatic heterocycles. The molecule has 3 nitrogen and oxygen atoms in total. The maximum absolute atomic E-state index is 11.6. The molecule has 0 amide bonds. The van der Waals surface area contributed by atoms with Gasteiger partial charge in [0.15, 0.2) is 0 Å². The Kier molecular flexibility index (Phi) is 4.09.